The highest BCUT2D eigenvalue weighted by Gasteiger charge is 2.23. The van der Waals surface area contributed by atoms with Gasteiger partial charge < -0.3 is 9.80 Å². The molecule has 2 aromatic carbocycles. The maximum atomic E-state index is 13.6. The van der Waals surface area contributed by atoms with Crippen LogP contribution in [0.25, 0.3) is 10.9 Å². The lowest BCUT2D eigenvalue weighted by Crippen LogP contribution is -2.44. The van der Waals surface area contributed by atoms with Gasteiger partial charge in [0.1, 0.15) is 5.82 Å². The van der Waals surface area contributed by atoms with Crippen molar-refractivity contribution in [2.45, 2.75) is 9.79 Å². The van der Waals surface area contributed by atoms with Crippen molar-refractivity contribution >= 4 is 26.4 Å². The van der Waals surface area contributed by atoms with Gasteiger partial charge in [-0.05, 0) is 37.4 Å². The van der Waals surface area contributed by atoms with Crippen molar-refractivity contribution in [1.82, 2.24) is 9.88 Å². The van der Waals surface area contributed by atoms with Gasteiger partial charge in [-0.1, -0.05) is 18.2 Å². The molecule has 0 bridgehead atoms. The number of likely N-dealkylation sites (N-methyl/N-ethyl adjacent to an activating group) is 1. The summed E-state index contributed by atoms with van der Waals surface area (Å²) in [6, 6.07) is 12.2. The molecule has 5 nitrogen and oxygen atoms in total. The largest absolute Gasteiger partial charge is 0.367 e. The summed E-state index contributed by atoms with van der Waals surface area (Å²) in [7, 11) is -1.77. The number of sulfone groups is 1. The van der Waals surface area contributed by atoms with E-state index in [2.05, 4.69) is 21.8 Å². The van der Waals surface area contributed by atoms with Crippen molar-refractivity contribution < 1.29 is 12.8 Å². The minimum absolute atomic E-state index is 0.0556. The number of fused-ring (bicyclic) bond motifs is 1. The van der Waals surface area contributed by atoms with E-state index in [4.69, 9.17) is 0 Å². The van der Waals surface area contributed by atoms with Gasteiger partial charge in [0.2, 0.25) is 9.84 Å². The highest BCUT2D eigenvalue weighted by Crippen LogP contribution is 2.32. The molecule has 0 saturated carbocycles. The number of hydrogen-bond donors (Lipinski definition) is 0. The van der Waals surface area contributed by atoms with E-state index in [1.165, 1.54) is 30.5 Å². The first-order valence-electron chi connectivity index (χ1n) is 8.79. The number of aromatic nitrogens is 1. The summed E-state index contributed by atoms with van der Waals surface area (Å²) in [4.78, 5) is 9.05. The van der Waals surface area contributed by atoms with E-state index in [0.717, 1.165) is 37.9 Å². The molecule has 0 atom stereocenters. The Morgan fingerprint density at radius 3 is 2.48 bits per heavy atom. The van der Waals surface area contributed by atoms with E-state index in [0.29, 0.717) is 10.9 Å². The predicted molar refractivity (Wildman–Crippen MR) is 103 cm³/mol. The fourth-order valence-corrected chi connectivity index (χ4v) is 4.91. The van der Waals surface area contributed by atoms with Crippen LogP contribution in [-0.4, -0.2) is 51.5 Å². The van der Waals surface area contributed by atoms with E-state index in [1.54, 1.807) is 6.07 Å². The van der Waals surface area contributed by atoms with Crippen molar-refractivity contribution in [1.29, 1.82) is 0 Å². The normalized spacial score (nSPS) is 16.0. The van der Waals surface area contributed by atoms with Crippen LogP contribution in [0.5, 0.6) is 0 Å². The Morgan fingerprint density at radius 2 is 1.74 bits per heavy atom. The van der Waals surface area contributed by atoms with Gasteiger partial charge in [0.05, 0.1) is 21.0 Å². The Labute approximate surface area is 158 Å². The third-order valence-electron chi connectivity index (χ3n) is 4.95. The van der Waals surface area contributed by atoms with Crippen LogP contribution in [0, 0.1) is 5.82 Å². The maximum Gasteiger partial charge on any atom is 0.207 e. The van der Waals surface area contributed by atoms with Crippen molar-refractivity contribution in [3.8, 4) is 0 Å². The quantitative estimate of drug-likeness (QED) is 0.694. The number of halogens is 1. The number of piperazine rings is 1. The Morgan fingerprint density at radius 1 is 1.00 bits per heavy atom. The fraction of sp³-hybridized carbons (Fsp3) is 0.250. The van der Waals surface area contributed by atoms with Gasteiger partial charge in [-0.2, -0.15) is 0 Å². The van der Waals surface area contributed by atoms with Crippen LogP contribution in [0.3, 0.4) is 0 Å². The van der Waals surface area contributed by atoms with Crippen LogP contribution in [-0.2, 0) is 9.84 Å². The first-order chi connectivity index (χ1) is 13.0. The van der Waals surface area contributed by atoms with Gasteiger partial charge in [0, 0.05) is 37.8 Å². The predicted octanol–water partition coefficient (Wildman–Crippen LogP) is 2.96. The summed E-state index contributed by atoms with van der Waals surface area (Å²) >= 11 is 0. The summed E-state index contributed by atoms with van der Waals surface area (Å²) < 4.78 is 39.8. The first kappa shape index (κ1) is 17.9. The van der Waals surface area contributed by atoms with E-state index < -0.39 is 15.7 Å². The maximum absolute atomic E-state index is 13.6. The summed E-state index contributed by atoms with van der Waals surface area (Å²) in [5, 5.41) is 0.554. The van der Waals surface area contributed by atoms with Gasteiger partial charge in [0.25, 0.3) is 0 Å². The molecule has 0 N–H and O–H groups in total. The van der Waals surface area contributed by atoms with E-state index in [1.807, 2.05) is 12.1 Å². The van der Waals surface area contributed by atoms with Crippen LogP contribution in [0.15, 0.2) is 64.5 Å². The number of hydrogen-bond acceptors (Lipinski definition) is 5. The van der Waals surface area contributed by atoms with Crippen molar-refractivity contribution in [2.24, 2.45) is 0 Å². The summed E-state index contributed by atoms with van der Waals surface area (Å²) in [6.07, 6.45) is 1.51. The smallest absolute Gasteiger partial charge is 0.207 e. The third-order valence-corrected chi connectivity index (χ3v) is 6.76. The number of nitrogens with zero attached hydrogens (tertiary/aromatic N) is 3. The van der Waals surface area contributed by atoms with E-state index >= 15 is 0 Å². The zero-order valence-corrected chi connectivity index (χ0v) is 15.8. The second-order valence-electron chi connectivity index (χ2n) is 6.73. The van der Waals surface area contributed by atoms with Crippen molar-refractivity contribution in [2.75, 3.05) is 38.1 Å². The second-order valence-corrected chi connectivity index (χ2v) is 8.65. The van der Waals surface area contributed by atoms with Crippen molar-refractivity contribution in [3.63, 3.8) is 0 Å². The zero-order chi connectivity index (χ0) is 19.0. The monoisotopic (exact) mass is 385 g/mol. The molecule has 1 fully saturated rings. The molecule has 2 heterocycles. The Bertz CT molecular complexity index is 1090. The molecule has 0 amide bonds. The minimum Gasteiger partial charge on any atom is -0.367 e. The molecular weight excluding hydrogens is 365 g/mol. The lowest BCUT2D eigenvalue weighted by Gasteiger charge is -2.34. The topological polar surface area (TPSA) is 53.5 Å². The average Bonchev–Trinajstić information content (AvgIpc) is 2.68. The van der Waals surface area contributed by atoms with Gasteiger partial charge >= 0.3 is 0 Å². The SMILES string of the molecule is CN1CCN(c2cccc3c(S(=O)(=O)c4cccc(F)c4)ccnc23)CC1. The standard InChI is InChI=1S/C20H20FN3O2S/c1-23-10-12-24(13-11-23)18-7-3-6-17-19(8-9-22-20(17)18)27(25,26)16-5-2-4-15(21)14-16/h2-9,14H,10-13H2,1H3. The van der Waals surface area contributed by atoms with Gasteiger partial charge in [-0.15, -0.1) is 0 Å². The van der Waals surface area contributed by atoms with Gasteiger partial charge in [-0.25, -0.2) is 12.8 Å². The summed E-state index contributed by atoms with van der Waals surface area (Å²) in [5.74, 6) is -0.576. The molecule has 0 radical (unpaired) electrons. The van der Waals surface area contributed by atoms with Gasteiger partial charge in [0.15, 0.2) is 0 Å². The molecule has 27 heavy (non-hydrogen) atoms. The zero-order valence-electron chi connectivity index (χ0n) is 15.0. The Kier molecular flexibility index (Phi) is 4.57. The summed E-state index contributed by atoms with van der Waals surface area (Å²) in [6.45, 7) is 3.60. The molecule has 3 aromatic rings. The Hall–Kier alpha value is -2.51. The second kappa shape index (κ2) is 6.90. The molecule has 1 aromatic heterocycles. The molecule has 0 aliphatic carbocycles. The molecule has 4 rings (SSSR count). The number of pyridine rings is 1. The molecule has 1 aliphatic heterocycles. The minimum atomic E-state index is -3.85. The van der Waals surface area contributed by atoms with Gasteiger partial charge in [-0.3, -0.25) is 4.98 Å². The number of para-hydroxylation sites is 1. The Balaban J connectivity index is 1.85. The molecule has 7 heteroatoms. The van der Waals surface area contributed by atoms with E-state index in [9.17, 15) is 12.8 Å². The van der Waals surface area contributed by atoms with Crippen LogP contribution in [0.1, 0.15) is 0 Å². The number of rotatable bonds is 3. The highest BCUT2D eigenvalue weighted by molar-refractivity contribution is 7.91. The van der Waals surface area contributed by atoms with Crippen LogP contribution in [0.2, 0.25) is 0 Å². The molecule has 0 unspecified atom stereocenters. The van der Waals surface area contributed by atoms with E-state index in [-0.39, 0.29) is 9.79 Å². The number of anilines is 1. The third kappa shape index (κ3) is 3.28. The number of benzene rings is 2. The fourth-order valence-electron chi connectivity index (χ4n) is 3.43. The van der Waals surface area contributed by atoms with Crippen LogP contribution in [0.4, 0.5) is 10.1 Å². The first-order valence-corrected chi connectivity index (χ1v) is 10.3. The molecule has 0 spiro atoms. The van der Waals surface area contributed by atoms with Crippen LogP contribution >= 0.6 is 0 Å². The average molecular weight is 385 g/mol. The molecular formula is C20H20FN3O2S. The molecule has 1 saturated heterocycles. The highest BCUT2D eigenvalue weighted by atomic mass is 32.2. The lowest BCUT2D eigenvalue weighted by atomic mass is 10.1. The van der Waals surface area contributed by atoms with Crippen molar-refractivity contribution in [3.05, 3.63) is 60.5 Å². The molecule has 140 valence electrons. The lowest BCUT2D eigenvalue weighted by molar-refractivity contribution is 0.313. The molecule has 1 aliphatic rings. The van der Waals surface area contributed by atoms with Crippen LogP contribution < -0.4 is 4.90 Å². The summed E-state index contributed by atoms with van der Waals surface area (Å²) in [5.41, 5.74) is 1.58.